The van der Waals surface area contributed by atoms with E-state index in [4.69, 9.17) is 9.47 Å². The molecule has 0 atom stereocenters. The predicted octanol–water partition coefficient (Wildman–Crippen LogP) is 5.08. The molecule has 2 aromatic rings. The van der Waals surface area contributed by atoms with Crippen molar-refractivity contribution in [3.8, 4) is 11.5 Å². The molecule has 3 nitrogen and oxygen atoms in total. The second kappa shape index (κ2) is 8.91. The van der Waals surface area contributed by atoms with Gasteiger partial charge in [0.1, 0.15) is 11.5 Å². The van der Waals surface area contributed by atoms with E-state index in [1.54, 1.807) is 0 Å². The van der Waals surface area contributed by atoms with Crippen molar-refractivity contribution in [1.29, 1.82) is 0 Å². The van der Waals surface area contributed by atoms with Crippen molar-refractivity contribution < 1.29 is 14.3 Å². The number of carbonyl (C=O) groups is 1. The van der Waals surface area contributed by atoms with Crippen molar-refractivity contribution in [2.24, 2.45) is 0 Å². The Bertz CT molecular complexity index is 667. The van der Waals surface area contributed by atoms with Gasteiger partial charge in [-0.3, -0.25) is 4.79 Å². The molecule has 0 aliphatic rings. The standard InChI is InChI=1S/C19H21IO3/c1-3-16-9-8-14(12-19(21)22-4-2)11-18(16)23-17-7-5-6-15(10-17)13-20/h5-11H,3-4,12-13H2,1-2H3. The predicted molar refractivity (Wildman–Crippen MR) is 100 cm³/mol. The number of hydrogen-bond acceptors (Lipinski definition) is 3. The van der Waals surface area contributed by atoms with Gasteiger partial charge in [0.15, 0.2) is 0 Å². The molecular weight excluding hydrogens is 403 g/mol. The Morgan fingerprint density at radius 2 is 1.91 bits per heavy atom. The lowest BCUT2D eigenvalue weighted by molar-refractivity contribution is -0.142. The van der Waals surface area contributed by atoms with Crippen LogP contribution in [0.3, 0.4) is 0 Å². The van der Waals surface area contributed by atoms with Gasteiger partial charge in [0, 0.05) is 4.43 Å². The number of hydrogen-bond donors (Lipinski definition) is 0. The van der Waals surface area contributed by atoms with Crippen molar-refractivity contribution in [2.75, 3.05) is 6.61 Å². The molecule has 0 saturated carbocycles. The minimum atomic E-state index is -0.213. The van der Waals surface area contributed by atoms with E-state index in [2.05, 4.69) is 35.6 Å². The van der Waals surface area contributed by atoms with Gasteiger partial charge in [-0.2, -0.15) is 0 Å². The van der Waals surface area contributed by atoms with E-state index in [0.717, 1.165) is 33.5 Å². The summed E-state index contributed by atoms with van der Waals surface area (Å²) in [5.41, 5.74) is 3.25. The second-order valence-corrected chi connectivity index (χ2v) is 5.92. The molecule has 0 aliphatic carbocycles. The number of rotatable bonds is 7. The molecule has 0 radical (unpaired) electrons. The number of aryl methyl sites for hydroxylation is 1. The lowest BCUT2D eigenvalue weighted by Gasteiger charge is -2.12. The Labute approximate surface area is 151 Å². The van der Waals surface area contributed by atoms with E-state index >= 15 is 0 Å². The Morgan fingerprint density at radius 3 is 2.61 bits per heavy atom. The normalized spacial score (nSPS) is 10.4. The summed E-state index contributed by atoms with van der Waals surface area (Å²) in [6.45, 7) is 4.31. The number of alkyl halides is 1. The maximum Gasteiger partial charge on any atom is 0.310 e. The van der Waals surface area contributed by atoms with Crippen LogP contribution in [0.4, 0.5) is 0 Å². The first-order valence-electron chi connectivity index (χ1n) is 7.76. The van der Waals surface area contributed by atoms with Crippen LogP contribution in [0.2, 0.25) is 0 Å². The molecule has 0 spiro atoms. The van der Waals surface area contributed by atoms with Crippen molar-refractivity contribution in [3.05, 3.63) is 59.2 Å². The summed E-state index contributed by atoms with van der Waals surface area (Å²) in [7, 11) is 0. The second-order valence-electron chi connectivity index (χ2n) is 5.16. The molecule has 122 valence electrons. The lowest BCUT2D eigenvalue weighted by atomic mass is 10.1. The molecular formula is C19H21IO3. The molecule has 0 fully saturated rings. The zero-order valence-corrected chi connectivity index (χ0v) is 15.6. The van der Waals surface area contributed by atoms with Crippen LogP contribution in [0, 0.1) is 0 Å². The first-order chi connectivity index (χ1) is 11.2. The van der Waals surface area contributed by atoms with Gasteiger partial charge in [0.05, 0.1) is 13.0 Å². The highest BCUT2D eigenvalue weighted by Crippen LogP contribution is 2.28. The minimum absolute atomic E-state index is 0.213. The molecule has 0 unspecified atom stereocenters. The highest BCUT2D eigenvalue weighted by Gasteiger charge is 2.09. The van der Waals surface area contributed by atoms with Gasteiger partial charge in [-0.05, 0) is 48.2 Å². The van der Waals surface area contributed by atoms with Crippen LogP contribution in [0.25, 0.3) is 0 Å². The Balaban J connectivity index is 2.22. The van der Waals surface area contributed by atoms with Gasteiger partial charge >= 0.3 is 5.97 Å². The summed E-state index contributed by atoms with van der Waals surface area (Å²) in [6.07, 6.45) is 1.14. The third-order valence-electron chi connectivity index (χ3n) is 3.45. The first-order valence-corrected chi connectivity index (χ1v) is 9.29. The molecule has 0 bridgehead atoms. The average Bonchev–Trinajstić information content (AvgIpc) is 2.55. The minimum Gasteiger partial charge on any atom is -0.466 e. The summed E-state index contributed by atoms with van der Waals surface area (Å²) < 4.78 is 12.0. The first kappa shape index (κ1) is 17.8. The van der Waals surface area contributed by atoms with Gasteiger partial charge in [-0.15, -0.1) is 0 Å². The Kier molecular flexibility index (Phi) is 6.89. The SMILES string of the molecule is CCOC(=O)Cc1ccc(CC)c(Oc2cccc(CI)c2)c1. The summed E-state index contributed by atoms with van der Waals surface area (Å²) in [5.74, 6) is 1.41. The summed E-state index contributed by atoms with van der Waals surface area (Å²) in [5, 5.41) is 0. The van der Waals surface area contributed by atoms with Crippen LogP contribution < -0.4 is 4.74 Å². The molecule has 4 heteroatoms. The van der Waals surface area contributed by atoms with Crippen LogP contribution in [0.1, 0.15) is 30.5 Å². The quantitative estimate of drug-likeness (QED) is 0.353. The van der Waals surface area contributed by atoms with Crippen molar-refractivity contribution in [2.45, 2.75) is 31.1 Å². The van der Waals surface area contributed by atoms with Gasteiger partial charge < -0.3 is 9.47 Å². The fourth-order valence-electron chi connectivity index (χ4n) is 2.29. The average molecular weight is 424 g/mol. The van der Waals surface area contributed by atoms with Crippen LogP contribution in [-0.4, -0.2) is 12.6 Å². The maximum atomic E-state index is 11.7. The van der Waals surface area contributed by atoms with Crippen LogP contribution in [-0.2, 0) is 26.8 Å². The molecule has 0 saturated heterocycles. The van der Waals surface area contributed by atoms with E-state index in [1.165, 1.54) is 5.56 Å². The van der Waals surface area contributed by atoms with Crippen LogP contribution >= 0.6 is 22.6 Å². The number of esters is 1. The summed E-state index contributed by atoms with van der Waals surface area (Å²) in [6, 6.07) is 14.0. The number of carbonyl (C=O) groups excluding carboxylic acids is 1. The van der Waals surface area contributed by atoms with Gasteiger partial charge in [0.2, 0.25) is 0 Å². The molecule has 0 heterocycles. The summed E-state index contributed by atoms with van der Waals surface area (Å²) in [4.78, 5) is 11.7. The van der Waals surface area contributed by atoms with E-state index < -0.39 is 0 Å². The monoisotopic (exact) mass is 424 g/mol. The summed E-state index contributed by atoms with van der Waals surface area (Å²) >= 11 is 2.33. The largest absolute Gasteiger partial charge is 0.466 e. The highest BCUT2D eigenvalue weighted by molar-refractivity contribution is 14.1. The van der Waals surface area contributed by atoms with Crippen LogP contribution in [0.15, 0.2) is 42.5 Å². The third kappa shape index (κ3) is 5.23. The molecule has 2 rings (SSSR count). The molecule has 0 aromatic heterocycles. The van der Waals surface area contributed by atoms with E-state index in [0.29, 0.717) is 6.61 Å². The Morgan fingerprint density at radius 1 is 1.09 bits per heavy atom. The molecule has 0 N–H and O–H groups in total. The molecule has 0 aliphatic heterocycles. The number of benzene rings is 2. The number of halogens is 1. The zero-order chi connectivity index (χ0) is 16.7. The maximum absolute atomic E-state index is 11.7. The zero-order valence-electron chi connectivity index (χ0n) is 13.5. The Hall–Kier alpha value is -1.56. The van der Waals surface area contributed by atoms with E-state index in [-0.39, 0.29) is 12.4 Å². The van der Waals surface area contributed by atoms with Gasteiger partial charge in [0.25, 0.3) is 0 Å². The number of ether oxygens (including phenoxy) is 2. The third-order valence-corrected chi connectivity index (χ3v) is 4.33. The van der Waals surface area contributed by atoms with Gasteiger partial charge in [-0.1, -0.05) is 53.8 Å². The van der Waals surface area contributed by atoms with E-state index in [9.17, 15) is 4.79 Å². The van der Waals surface area contributed by atoms with Gasteiger partial charge in [-0.25, -0.2) is 0 Å². The smallest absolute Gasteiger partial charge is 0.310 e. The van der Waals surface area contributed by atoms with Crippen molar-refractivity contribution >= 4 is 28.6 Å². The topological polar surface area (TPSA) is 35.5 Å². The van der Waals surface area contributed by atoms with E-state index in [1.807, 2.05) is 43.3 Å². The van der Waals surface area contributed by atoms with Crippen molar-refractivity contribution in [1.82, 2.24) is 0 Å². The van der Waals surface area contributed by atoms with Crippen molar-refractivity contribution in [3.63, 3.8) is 0 Å². The molecule has 23 heavy (non-hydrogen) atoms. The highest BCUT2D eigenvalue weighted by atomic mass is 127. The lowest BCUT2D eigenvalue weighted by Crippen LogP contribution is -2.07. The molecule has 0 amide bonds. The fourth-order valence-corrected chi connectivity index (χ4v) is 2.77. The fraction of sp³-hybridized carbons (Fsp3) is 0.316. The van der Waals surface area contributed by atoms with Crippen LogP contribution in [0.5, 0.6) is 11.5 Å². The molecule has 2 aromatic carbocycles.